The molecule has 0 bridgehead atoms. The molecule has 4 aromatic rings. The van der Waals surface area contributed by atoms with E-state index in [1.54, 1.807) is 21.9 Å². The molecule has 7 nitrogen and oxygen atoms in total. The molecule has 3 aromatic heterocycles. The van der Waals surface area contributed by atoms with Gasteiger partial charge in [0.2, 0.25) is 4.96 Å². The molecule has 0 fully saturated rings. The van der Waals surface area contributed by atoms with E-state index in [4.69, 9.17) is 0 Å². The topological polar surface area (TPSA) is 88.4 Å². The lowest BCUT2D eigenvalue weighted by Crippen LogP contribution is -2.36. The van der Waals surface area contributed by atoms with Crippen molar-refractivity contribution in [1.82, 2.24) is 19.9 Å². The average Bonchev–Trinajstić information content (AvgIpc) is 3.41. The Morgan fingerprint density at radius 3 is 2.75 bits per heavy atom. The predicted octanol–water partition coefficient (Wildman–Crippen LogP) is 3.13. The molecule has 0 saturated heterocycles. The van der Waals surface area contributed by atoms with Crippen LogP contribution in [0.3, 0.4) is 0 Å². The number of thiophene rings is 1. The zero-order chi connectivity index (χ0) is 19.5. The van der Waals surface area contributed by atoms with Crippen LogP contribution in [0, 0.1) is 6.92 Å². The van der Waals surface area contributed by atoms with E-state index >= 15 is 0 Å². The van der Waals surface area contributed by atoms with Gasteiger partial charge < -0.3 is 10.6 Å². The van der Waals surface area contributed by atoms with Crippen molar-refractivity contribution in [2.75, 3.05) is 11.9 Å². The molecule has 0 unspecified atom stereocenters. The number of carbonyl (C=O) groups excluding carboxylic acids is 2. The first-order valence-electron chi connectivity index (χ1n) is 8.63. The van der Waals surface area contributed by atoms with E-state index in [1.807, 2.05) is 48.0 Å². The minimum Gasteiger partial charge on any atom is -0.347 e. The normalized spacial score (nSPS) is 10.9. The Hall–Kier alpha value is -3.04. The largest absolute Gasteiger partial charge is 0.347 e. The first kappa shape index (κ1) is 18.3. The van der Waals surface area contributed by atoms with Gasteiger partial charge in [-0.1, -0.05) is 24.3 Å². The molecule has 0 aliphatic rings. The summed E-state index contributed by atoms with van der Waals surface area (Å²) >= 11 is 3.09. The highest BCUT2D eigenvalue weighted by molar-refractivity contribution is 7.15. The van der Waals surface area contributed by atoms with Crippen LogP contribution in [0.4, 0.5) is 5.69 Å². The molecule has 0 aliphatic carbocycles. The summed E-state index contributed by atoms with van der Waals surface area (Å²) in [7, 11) is 0. The maximum Gasteiger partial charge on any atom is 0.313 e. The number of aromatic nitrogens is 3. The van der Waals surface area contributed by atoms with E-state index in [0.717, 1.165) is 21.1 Å². The fraction of sp³-hybridized carbons (Fsp3) is 0.158. The SMILES string of the molecule is Cc1ccccc1NC(=O)C(=O)NCCc1csc2nc(-c3cccs3)nn12. The summed E-state index contributed by atoms with van der Waals surface area (Å²) in [4.78, 5) is 30.5. The quantitative estimate of drug-likeness (QED) is 0.494. The molecular weight excluding hydrogens is 394 g/mol. The summed E-state index contributed by atoms with van der Waals surface area (Å²) in [5.74, 6) is -0.636. The molecule has 0 spiro atoms. The Labute approximate surface area is 169 Å². The number of carbonyl (C=O) groups is 2. The number of fused-ring (bicyclic) bond motifs is 1. The van der Waals surface area contributed by atoms with Crippen LogP contribution < -0.4 is 10.6 Å². The zero-order valence-corrected chi connectivity index (χ0v) is 16.6. The van der Waals surface area contributed by atoms with Crippen LogP contribution in [0.5, 0.6) is 0 Å². The highest BCUT2D eigenvalue weighted by Crippen LogP contribution is 2.24. The van der Waals surface area contributed by atoms with Crippen LogP contribution in [-0.4, -0.2) is 33.0 Å². The van der Waals surface area contributed by atoms with E-state index in [-0.39, 0.29) is 0 Å². The van der Waals surface area contributed by atoms with Crippen molar-refractivity contribution in [3.8, 4) is 10.7 Å². The number of nitrogens with zero attached hydrogens (tertiary/aromatic N) is 3. The molecule has 0 radical (unpaired) electrons. The van der Waals surface area contributed by atoms with Crippen LogP contribution in [-0.2, 0) is 16.0 Å². The molecule has 4 rings (SSSR count). The molecule has 0 aliphatic heterocycles. The van der Waals surface area contributed by atoms with Gasteiger partial charge in [0.15, 0.2) is 5.82 Å². The van der Waals surface area contributed by atoms with E-state index in [2.05, 4.69) is 20.7 Å². The summed E-state index contributed by atoms with van der Waals surface area (Å²) in [5.41, 5.74) is 2.47. The minimum atomic E-state index is -0.675. The van der Waals surface area contributed by atoms with Crippen molar-refractivity contribution in [1.29, 1.82) is 0 Å². The van der Waals surface area contributed by atoms with Crippen molar-refractivity contribution >= 4 is 45.1 Å². The molecule has 142 valence electrons. The Balaban J connectivity index is 1.35. The van der Waals surface area contributed by atoms with Gasteiger partial charge in [-0.3, -0.25) is 9.59 Å². The third-order valence-corrected chi connectivity index (χ3v) is 5.89. The second-order valence-corrected chi connectivity index (χ2v) is 7.89. The fourth-order valence-electron chi connectivity index (χ4n) is 2.68. The highest BCUT2D eigenvalue weighted by atomic mass is 32.1. The van der Waals surface area contributed by atoms with Crippen molar-refractivity contribution < 1.29 is 9.59 Å². The van der Waals surface area contributed by atoms with Crippen molar-refractivity contribution in [2.24, 2.45) is 0 Å². The van der Waals surface area contributed by atoms with Gasteiger partial charge in [-0.25, -0.2) is 4.52 Å². The van der Waals surface area contributed by atoms with Gasteiger partial charge in [-0.15, -0.1) is 27.8 Å². The molecule has 28 heavy (non-hydrogen) atoms. The number of aryl methyl sites for hydroxylation is 1. The summed E-state index contributed by atoms with van der Waals surface area (Å²) < 4.78 is 1.79. The maximum absolute atomic E-state index is 12.1. The van der Waals surface area contributed by atoms with Crippen LogP contribution >= 0.6 is 22.7 Å². The predicted molar refractivity (Wildman–Crippen MR) is 111 cm³/mol. The first-order valence-corrected chi connectivity index (χ1v) is 10.4. The molecule has 2 amide bonds. The van der Waals surface area contributed by atoms with E-state index in [1.165, 1.54) is 11.3 Å². The average molecular weight is 412 g/mol. The van der Waals surface area contributed by atoms with E-state index in [0.29, 0.717) is 24.5 Å². The molecule has 0 saturated carbocycles. The molecule has 3 heterocycles. The van der Waals surface area contributed by atoms with Gasteiger partial charge in [0.25, 0.3) is 0 Å². The van der Waals surface area contributed by atoms with Crippen molar-refractivity contribution in [3.05, 3.63) is 58.4 Å². The number of amides is 2. The van der Waals surface area contributed by atoms with E-state index in [9.17, 15) is 9.59 Å². The highest BCUT2D eigenvalue weighted by Gasteiger charge is 2.15. The summed E-state index contributed by atoms with van der Waals surface area (Å²) in [6.45, 7) is 2.21. The minimum absolute atomic E-state index is 0.333. The second-order valence-electron chi connectivity index (χ2n) is 6.11. The second kappa shape index (κ2) is 7.91. The van der Waals surface area contributed by atoms with Crippen molar-refractivity contribution in [3.63, 3.8) is 0 Å². The number of rotatable bonds is 5. The third-order valence-electron chi connectivity index (χ3n) is 4.16. The smallest absolute Gasteiger partial charge is 0.313 e. The van der Waals surface area contributed by atoms with Crippen LogP contribution in [0.1, 0.15) is 11.3 Å². The molecular formula is C19H17N5O2S2. The van der Waals surface area contributed by atoms with Gasteiger partial charge >= 0.3 is 11.8 Å². The number of hydrogen-bond donors (Lipinski definition) is 2. The lowest BCUT2D eigenvalue weighted by atomic mass is 10.2. The van der Waals surface area contributed by atoms with Gasteiger partial charge in [0.1, 0.15) is 0 Å². The standard InChI is InChI=1S/C19H17N5O2S2/c1-12-5-2-3-6-14(12)21-18(26)17(25)20-9-8-13-11-28-19-22-16(23-24(13)19)15-7-4-10-27-15/h2-7,10-11H,8-9H2,1H3,(H,20,25)(H,21,26). The van der Waals surface area contributed by atoms with Gasteiger partial charge in [0, 0.05) is 24.0 Å². The summed E-state index contributed by atoms with van der Waals surface area (Å²) in [6.07, 6.45) is 0.552. The summed E-state index contributed by atoms with van der Waals surface area (Å²) in [6, 6.07) is 11.3. The van der Waals surface area contributed by atoms with Gasteiger partial charge in [-0.2, -0.15) is 4.98 Å². The van der Waals surface area contributed by atoms with Crippen LogP contribution in [0.15, 0.2) is 47.2 Å². The number of hydrogen-bond acceptors (Lipinski definition) is 6. The number of nitrogens with one attached hydrogen (secondary N) is 2. The molecule has 0 atom stereocenters. The Morgan fingerprint density at radius 2 is 1.96 bits per heavy atom. The Kier molecular flexibility index (Phi) is 5.18. The lowest BCUT2D eigenvalue weighted by Gasteiger charge is -2.08. The molecule has 9 heteroatoms. The number of benzene rings is 1. The fourth-order valence-corrected chi connectivity index (χ4v) is 4.19. The third kappa shape index (κ3) is 3.80. The van der Waals surface area contributed by atoms with Crippen LogP contribution in [0.25, 0.3) is 15.7 Å². The Bertz CT molecular complexity index is 1130. The number of para-hydroxylation sites is 1. The lowest BCUT2D eigenvalue weighted by molar-refractivity contribution is -0.136. The summed E-state index contributed by atoms with van der Waals surface area (Å²) in [5, 5.41) is 13.8. The number of thiazole rings is 1. The van der Waals surface area contributed by atoms with Crippen molar-refractivity contribution in [2.45, 2.75) is 13.3 Å². The maximum atomic E-state index is 12.1. The molecule has 2 N–H and O–H groups in total. The molecule has 1 aromatic carbocycles. The Morgan fingerprint density at radius 1 is 1.11 bits per heavy atom. The van der Waals surface area contributed by atoms with E-state index < -0.39 is 11.8 Å². The van der Waals surface area contributed by atoms with Gasteiger partial charge in [-0.05, 0) is 30.0 Å². The monoisotopic (exact) mass is 411 g/mol. The van der Waals surface area contributed by atoms with Crippen LogP contribution in [0.2, 0.25) is 0 Å². The first-order chi connectivity index (χ1) is 13.6. The van der Waals surface area contributed by atoms with Gasteiger partial charge in [0.05, 0.1) is 10.6 Å². The zero-order valence-electron chi connectivity index (χ0n) is 15.0. The number of anilines is 1.